The summed E-state index contributed by atoms with van der Waals surface area (Å²) in [4.78, 5) is 7.48. The van der Waals surface area contributed by atoms with Crippen LogP contribution in [-0.4, -0.2) is 76.4 Å². The van der Waals surface area contributed by atoms with E-state index in [1.54, 1.807) is 22.7 Å². The van der Waals surface area contributed by atoms with Crippen LogP contribution in [0.4, 0.5) is 0 Å². The first-order valence-corrected chi connectivity index (χ1v) is 16.6. The molecule has 2 aromatic carbocycles. The molecule has 0 saturated carbocycles. The largest absolute Gasteiger partial charge is 0.287 e. The number of thiophene rings is 2. The lowest BCUT2D eigenvalue weighted by Gasteiger charge is -2.41. The van der Waals surface area contributed by atoms with Crippen molar-refractivity contribution in [3.05, 3.63) is 127 Å². The molecule has 6 aromatic rings. The van der Waals surface area contributed by atoms with Gasteiger partial charge in [-0.15, -0.1) is 32.9 Å². The Morgan fingerprint density at radius 3 is 1.36 bits per heavy atom. The van der Waals surface area contributed by atoms with Gasteiger partial charge in [-0.3, -0.25) is 9.80 Å². The Bertz CT molecular complexity index is 1620. The maximum absolute atomic E-state index is 4.59. The predicted molar refractivity (Wildman–Crippen MR) is 172 cm³/mol. The van der Waals surface area contributed by atoms with Gasteiger partial charge in [0.2, 0.25) is 0 Å². The van der Waals surface area contributed by atoms with Gasteiger partial charge in [-0.05, 0) is 68.7 Å². The van der Waals surface area contributed by atoms with Crippen LogP contribution in [0.25, 0.3) is 0 Å². The molecule has 0 unspecified atom stereocenters. The Labute approximate surface area is 264 Å². The lowest BCUT2D eigenvalue weighted by molar-refractivity contribution is 0.0826. The first-order chi connectivity index (χ1) is 21.6. The molecule has 224 valence electrons. The molecule has 7 rings (SSSR count). The summed E-state index contributed by atoms with van der Waals surface area (Å²) < 4.78 is 3.91. The standard InChI is InChI=1S/C32H34N10S2/c1-23-7-11-25(12-8-23)29(31-33-35-37-41(31)21-27-5-3-19-43-27)39-15-17-40(18-16-39)30(26-13-9-24(2)10-14-26)32-34-36-38-42(32)22-28-6-4-20-44-28/h3-14,19-20,29-30H,15-18,21-22H2,1-2H3/t29-,30-/m0/s1. The van der Waals surface area contributed by atoms with Crippen LogP contribution in [0.2, 0.25) is 0 Å². The van der Waals surface area contributed by atoms with Crippen molar-refractivity contribution in [1.82, 2.24) is 50.2 Å². The van der Waals surface area contributed by atoms with Gasteiger partial charge in [-0.2, -0.15) is 0 Å². The monoisotopic (exact) mass is 622 g/mol. The molecule has 0 amide bonds. The van der Waals surface area contributed by atoms with E-state index in [1.807, 2.05) is 9.36 Å². The molecular weight excluding hydrogens is 589 g/mol. The third kappa shape index (κ3) is 6.11. The molecule has 5 heterocycles. The molecule has 1 saturated heterocycles. The molecule has 10 nitrogen and oxygen atoms in total. The normalized spacial score (nSPS) is 15.9. The fourth-order valence-corrected chi connectivity index (χ4v) is 7.31. The number of benzene rings is 2. The highest BCUT2D eigenvalue weighted by Crippen LogP contribution is 2.33. The molecule has 44 heavy (non-hydrogen) atoms. The van der Waals surface area contributed by atoms with Crippen molar-refractivity contribution in [2.75, 3.05) is 26.2 Å². The van der Waals surface area contributed by atoms with Crippen LogP contribution >= 0.6 is 22.7 Å². The van der Waals surface area contributed by atoms with Crippen LogP contribution in [0.15, 0.2) is 83.6 Å². The molecule has 0 N–H and O–H groups in total. The van der Waals surface area contributed by atoms with Gasteiger partial charge >= 0.3 is 0 Å². The Morgan fingerprint density at radius 2 is 1.00 bits per heavy atom. The number of rotatable bonds is 10. The third-order valence-electron chi connectivity index (χ3n) is 8.25. The minimum absolute atomic E-state index is 0.0605. The molecule has 2 atom stereocenters. The van der Waals surface area contributed by atoms with Crippen molar-refractivity contribution >= 4 is 22.7 Å². The lowest BCUT2D eigenvalue weighted by atomic mass is 9.99. The van der Waals surface area contributed by atoms with Crippen molar-refractivity contribution < 1.29 is 0 Å². The van der Waals surface area contributed by atoms with E-state index < -0.39 is 0 Å². The molecule has 1 aliphatic heterocycles. The Morgan fingerprint density at radius 1 is 0.591 bits per heavy atom. The van der Waals surface area contributed by atoms with Gasteiger partial charge in [0.05, 0.1) is 25.2 Å². The fraction of sp³-hybridized carbons (Fsp3) is 0.312. The van der Waals surface area contributed by atoms with Crippen LogP contribution in [0, 0.1) is 13.8 Å². The topological polar surface area (TPSA) is 93.7 Å². The summed E-state index contributed by atoms with van der Waals surface area (Å²) >= 11 is 3.45. The molecule has 12 heteroatoms. The molecule has 0 spiro atoms. The summed E-state index contributed by atoms with van der Waals surface area (Å²) in [5.41, 5.74) is 4.86. The highest BCUT2D eigenvalue weighted by Gasteiger charge is 2.35. The molecular formula is C32H34N10S2. The minimum Gasteiger partial charge on any atom is -0.287 e. The number of tetrazole rings is 2. The van der Waals surface area contributed by atoms with Crippen LogP contribution in [0.5, 0.6) is 0 Å². The Balaban J connectivity index is 1.18. The maximum Gasteiger partial charge on any atom is 0.173 e. The number of piperazine rings is 1. The van der Waals surface area contributed by atoms with Gasteiger partial charge in [0.1, 0.15) is 0 Å². The van der Waals surface area contributed by atoms with Gasteiger partial charge in [-0.1, -0.05) is 71.8 Å². The van der Waals surface area contributed by atoms with Crippen LogP contribution < -0.4 is 0 Å². The smallest absolute Gasteiger partial charge is 0.173 e. The fourth-order valence-electron chi connectivity index (χ4n) is 5.94. The second-order valence-corrected chi connectivity index (χ2v) is 13.3. The van der Waals surface area contributed by atoms with Crippen LogP contribution in [0.1, 0.15) is 55.7 Å². The van der Waals surface area contributed by atoms with Crippen molar-refractivity contribution in [3.8, 4) is 0 Å². The number of nitrogens with zero attached hydrogens (tertiary/aromatic N) is 10. The van der Waals surface area contributed by atoms with Crippen molar-refractivity contribution in [1.29, 1.82) is 0 Å². The summed E-state index contributed by atoms with van der Waals surface area (Å²) in [6.07, 6.45) is 0. The molecule has 1 aliphatic rings. The quantitative estimate of drug-likeness (QED) is 0.211. The molecule has 0 bridgehead atoms. The number of aromatic nitrogens is 8. The van der Waals surface area contributed by atoms with E-state index in [1.165, 1.54) is 32.0 Å². The van der Waals surface area contributed by atoms with Gasteiger partial charge in [0.25, 0.3) is 0 Å². The van der Waals surface area contributed by atoms with Crippen LogP contribution in [0.3, 0.4) is 0 Å². The lowest BCUT2D eigenvalue weighted by Crippen LogP contribution is -2.50. The predicted octanol–water partition coefficient (Wildman–Crippen LogP) is 4.99. The Hall–Kier alpha value is -4.10. The number of hydrogen-bond acceptors (Lipinski definition) is 10. The highest BCUT2D eigenvalue weighted by molar-refractivity contribution is 7.10. The number of aryl methyl sites for hydroxylation is 2. The molecule has 0 aliphatic carbocycles. The van der Waals surface area contributed by atoms with E-state index in [9.17, 15) is 0 Å². The SMILES string of the molecule is Cc1ccc([C@@H](c2nnnn2Cc2cccs2)N2CCN([C@@H](c3ccc(C)cc3)c3nnnn3Cc3cccs3)CC2)cc1. The van der Waals surface area contributed by atoms with E-state index >= 15 is 0 Å². The van der Waals surface area contributed by atoms with Gasteiger partial charge in [-0.25, -0.2) is 9.36 Å². The zero-order valence-electron chi connectivity index (χ0n) is 24.8. The molecule has 4 aromatic heterocycles. The average molecular weight is 623 g/mol. The van der Waals surface area contributed by atoms with E-state index in [4.69, 9.17) is 0 Å². The van der Waals surface area contributed by atoms with E-state index in [0.29, 0.717) is 13.1 Å². The first-order valence-electron chi connectivity index (χ1n) is 14.8. The average Bonchev–Trinajstić information content (AvgIpc) is 3.88. The summed E-state index contributed by atoms with van der Waals surface area (Å²) in [7, 11) is 0. The van der Waals surface area contributed by atoms with Gasteiger partial charge in [0.15, 0.2) is 11.6 Å². The van der Waals surface area contributed by atoms with Gasteiger partial charge < -0.3 is 0 Å². The zero-order chi connectivity index (χ0) is 29.9. The van der Waals surface area contributed by atoms with Crippen molar-refractivity contribution in [2.45, 2.75) is 39.0 Å². The second kappa shape index (κ2) is 12.9. The summed E-state index contributed by atoms with van der Waals surface area (Å²) in [5.74, 6) is 1.73. The highest BCUT2D eigenvalue weighted by atomic mass is 32.1. The maximum atomic E-state index is 4.59. The summed E-state index contributed by atoms with van der Waals surface area (Å²) in [6.45, 7) is 8.94. The second-order valence-electron chi connectivity index (χ2n) is 11.2. The van der Waals surface area contributed by atoms with E-state index in [2.05, 4.69) is 138 Å². The van der Waals surface area contributed by atoms with E-state index in [-0.39, 0.29) is 12.1 Å². The summed E-state index contributed by atoms with van der Waals surface area (Å²) in [6, 6.07) is 25.8. The number of hydrogen-bond donors (Lipinski definition) is 0. The van der Waals surface area contributed by atoms with Gasteiger partial charge in [0, 0.05) is 35.9 Å². The molecule has 1 fully saturated rings. The summed E-state index contributed by atoms with van der Waals surface area (Å²) in [5, 5.41) is 30.5. The molecule has 0 radical (unpaired) electrons. The Kier molecular flexibility index (Phi) is 8.38. The third-order valence-corrected chi connectivity index (χ3v) is 9.97. The minimum atomic E-state index is -0.0605. The zero-order valence-corrected chi connectivity index (χ0v) is 26.4. The first kappa shape index (κ1) is 28.7. The van der Waals surface area contributed by atoms with Crippen LogP contribution in [-0.2, 0) is 13.1 Å². The van der Waals surface area contributed by atoms with Crippen molar-refractivity contribution in [2.24, 2.45) is 0 Å². The van der Waals surface area contributed by atoms with E-state index in [0.717, 1.165) is 37.8 Å². The van der Waals surface area contributed by atoms with Crippen molar-refractivity contribution in [3.63, 3.8) is 0 Å².